The third-order valence-corrected chi connectivity index (χ3v) is 27.6. The van der Waals surface area contributed by atoms with Gasteiger partial charge in [-0.1, -0.05) is 149 Å². The van der Waals surface area contributed by atoms with Gasteiger partial charge in [-0.25, -0.2) is 14.6 Å². The Morgan fingerprint density at radius 2 is 0.800 bits per heavy atom. The molecule has 27 nitrogen and oxygen atoms in total. The predicted octanol–water partition coefficient (Wildman–Crippen LogP) is 6.11. The van der Waals surface area contributed by atoms with E-state index in [1.54, 1.807) is 39.5 Å². The van der Waals surface area contributed by atoms with Gasteiger partial charge < -0.3 is 112 Å². The van der Waals surface area contributed by atoms with E-state index in [-0.39, 0.29) is 261 Å². The first-order chi connectivity index (χ1) is 65.3. The fourth-order valence-electron chi connectivity index (χ4n) is 12.7. The van der Waals surface area contributed by atoms with Crippen molar-refractivity contribution in [1.82, 2.24) is 4.98 Å². The van der Waals surface area contributed by atoms with Crippen molar-refractivity contribution in [2.45, 2.75) is 202 Å². The maximum Gasteiger partial charge on any atom is 2.00 e. The largest absolute Gasteiger partial charge is 2.00 e. The molecule has 0 atom stereocenters. The first kappa shape index (κ1) is 145. The van der Waals surface area contributed by atoms with Crippen LogP contribution in [0.4, 0.5) is 0 Å². The number of hydrogen-bond donors (Lipinski definition) is 3. The molecule has 45 heteroatoms. The van der Waals surface area contributed by atoms with Crippen molar-refractivity contribution < 1.29 is 318 Å². The molecule has 0 spiro atoms. The van der Waals surface area contributed by atoms with Gasteiger partial charge in [0, 0.05) is 48.8 Å². The molecule has 3 radical (unpaired) electrons. The molecule has 5 aliphatic heterocycles. The van der Waals surface area contributed by atoms with Crippen LogP contribution in [0.2, 0.25) is 0 Å². The summed E-state index contributed by atoms with van der Waals surface area (Å²) in [6.07, 6.45) is 5.56. The van der Waals surface area contributed by atoms with Crippen molar-refractivity contribution in [2.24, 2.45) is 0 Å². The number of carboxylic acid groups (broad SMARTS) is 2. The quantitative estimate of drug-likeness (QED) is 0.0147. The zero-order valence-corrected chi connectivity index (χ0v) is 112. The predicted molar refractivity (Wildman–Crippen MR) is 577 cm³/mol. The van der Waals surface area contributed by atoms with Crippen molar-refractivity contribution in [3.05, 3.63) is 237 Å². The number of fused-ring (bicyclic) bond motifs is 1. The Bertz CT molecular complexity index is 5380. The van der Waals surface area contributed by atoms with Gasteiger partial charge in [-0.2, -0.15) is 19.1 Å². The average molecular weight is 2680 g/mol. The monoisotopic (exact) mass is 2680 g/mol. The number of carboxylic acids is 2. The first-order valence-electron chi connectivity index (χ1n) is 43.5. The SMILES string of the molecule is BrC(Br)(Br)Br.C1CCOC1.COc1cc(C(=O)O)ccc1B1OC(C)(C)C(C)(C)O1.COc1cc(C(=O)O)ccc1Br.COc1cc(CBr)ccc1B1OC(C)(C)C(C)(C)O1.COc1cc(CO)ccc1B1OC(C)(C)C(C)(C)O1.COc1cc(COc2ccc3nc(C#N)sc3c2)ccc1B1OC(C)(C)C(C)(C)O1.C[C-]=O.C[C-]=O.O=CO[O-].[B].[Cs+].[F-].[H-].[K+].[K+].[Pd+2].c1ccc(P(c2ccccc2)c2ccccc2)cc1. The van der Waals surface area contributed by atoms with Crippen LogP contribution in [0.1, 0.15) is 181 Å². The minimum atomic E-state index is -0.997. The van der Waals surface area contributed by atoms with Crippen LogP contribution in [0.15, 0.2) is 205 Å². The number of benzene rings is 9. The van der Waals surface area contributed by atoms with Crippen LogP contribution in [0.25, 0.3) is 10.2 Å². The number of thiazole rings is 1. The summed E-state index contributed by atoms with van der Waals surface area (Å²) in [5.74, 6) is 1.92. The molecule has 1 aromatic heterocycles. The number of halogens is 7. The molecule has 3 N–H and O–H groups in total. The van der Waals surface area contributed by atoms with Crippen molar-refractivity contribution in [3.63, 3.8) is 0 Å². The van der Waals surface area contributed by atoms with E-state index in [0.29, 0.717) is 40.1 Å². The van der Waals surface area contributed by atoms with E-state index in [0.717, 1.165) is 77.8 Å². The molecule has 9 aromatic carbocycles. The normalized spacial score (nSPS) is 15.4. The Morgan fingerprint density at radius 3 is 1.09 bits per heavy atom. The molecule has 0 bridgehead atoms. The van der Waals surface area contributed by atoms with E-state index in [1.165, 1.54) is 105 Å². The number of methoxy groups -OCH3 is 5. The number of nitrogens with zero attached hydrogens (tertiary/aromatic N) is 2. The fraction of sp³-hybridized carbons (Fsp3) is 0.390. The van der Waals surface area contributed by atoms with Gasteiger partial charge in [-0.3, -0.25) is 17.4 Å². The van der Waals surface area contributed by atoms with Gasteiger partial charge >= 0.3 is 232 Å². The molecule has 0 amide bonds. The van der Waals surface area contributed by atoms with E-state index in [2.05, 4.69) is 209 Å². The Morgan fingerprint density at radius 1 is 0.510 bits per heavy atom. The maximum atomic E-state index is 11.0. The van der Waals surface area contributed by atoms with Gasteiger partial charge in [-0.15, -0.1) is 11.3 Å². The number of aliphatic hydroxyl groups is 1. The molecule has 5 fully saturated rings. The number of carbonyl (C=O) groups is 3. The van der Waals surface area contributed by atoms with E-state index in [9.17, 15) is 9.59 Å². The summed E-state index contributed by atoms with van der Waals surface area (Å²) in [4.78, 5) is 54.4. The number of nitriles is 1. The molecule has 15 rings (SSSR count). The summed E-state index contributed by atoms with van der Waals surface area (Å²) < 4.78 is 87.2. The molecule has 769 valence electrons. The van der Waals surface area contributed by atoms with Crippen LogP contribution in [0.3, 0.4) is 0 Å². The van der Waals surface area contributed by atoms with Crippen LogP contribution in [0, 0.1) is 11.3 Å². The number of ether oxygens (including phenoxy) is 7. The number of carbonyl (C=O) groups excluding carboxylic acids is 3. The van der Waals surface area contributed by atoms with E-state index < -0.39 is 63.6 Å². The van der Waals surface area contributed by atoms with Gasteiger partial charge in [0.05, 0.1) is 113 Å². The van der Waals surface area contributed by atoms with Crippen molar-refractivity contribution in [3.8, 4) is 40.6 Å². The summed E-state index contributed by atoms with van der Waals surface area (Å²) in [6.45, 7) is 37.1. The summed E-state index contributed by atoms with van der Waals surface area (Å²) >= 11 is 20.5. The summed E-state index contributed by atoms with van der Waals surface area (Å²) in [5, 5.41) is 49.7. The number of aliphatic hydroxyl groups excluding tert-OH is 1. The maximum absolute atomic E-state index is 11.0. The Balaban J connectivity index is -0.00000162. The third-order valence-electron chi connectivity index (χ3n) is 22.9. The van der Waals surface area contributed by atoms with E-state index in [4.69, 9.17) is 111 Å². The first-order valence-corrected chi connectivity index (χ1v) is 50.7. The Kier molecular flexibility index (Phi) is 69.9. The minimum Gasteiger partial charge on any atom is -1.00 e. The molecule has 145 heavy (non-hydrogen) atoms. The molecule has 0 unspecified atom stereocenters. The number of aromatic carboxylic acids is 2. The second kappa shape index (κ2) is 69.9. The molecule has 0 aliphatic carbocycles. The van der Waals surface area contributed by atoms with Crippen LogP contribution < -0.4 is 248 Å². The van der Waals surface area contributed by atoms with Crippen molar-refractivity contribution in [1.29, 1.82) is 5.26 Å². The summed E-state index contributed by atoms with van der Waals surface area (Å²) in [6, 6.07) is 66.8. The fourth-order valence-corrected chi connectivity index (χ4v) is 16.6. The topological polar surface area (TPSA) is 353 Å². The van der Waals surface area contributed by atoms with Gasteiger partial charge in [0.2, 0.25) is 0 Å². The molecule has 6 heterocycles. The van der Waals surface area contributed by atoms with Gasteiger partial charge in [0.1, 0.15) is 47.2 Å². The number of rotatable bonds is 20. The molecular weight excluding hydrogens is 2560 g/mol. The number of aromatic nitrogens is 1. The van der Waals surface area contributed by atoms with Crippen LogP contribution >= 0.6 is 115 Å². The summed E-state index contributed by atoms with van der Waals surface area (Å²) in [7, 11) is 5.56. The van der Waals surface area contributed by atoms with Crippen LogP contribution in [-0.2, 0) is 100 Å². The van der Waals surface area contributed by atoms with Gasteiger partial charge in [0.25, 0.3) is 6.47 Å². The Hall–Kier alpha value is -1.98. The molecule has 5 saturated heterocycles. The average Bonchev–Trinajstić information content (AvgIpc) is 1.64. The standard InChI is InChI=1S/C22H23BN2O4S.C18H15P.C14H20BBrO3.C14H19BO5.C14H21BO4.C8H7BrO3.C4H8O.2C2H3O.CBr4.CH2O3.B.Cs.FH.2K.Pd.H/c1-21(2)22(3,4)29-23(28-21)16-8-6-14(10-18(16)26-5)13-27-15-7-9-17-19(11-15)30-20(12-24)25-17;1-4-10-16(11-5-1)19(17-12-6-2-7-13-17)18-14-8-3-9-15-18;1-13(2)14(3,4)19-15(18-13)11-7-6-10(9-16)8-12(11)17-5;1-13(2)14(3,4)20-15(19-13)10-7-6-9(12(16)17)8-11(10)18-5;1-13(2)14(3,4)19-15(18-13)11-7-6-10(9-16)8-12(11)17-5;1-12-7-4-5(8(10)11)2-3-6(7)9;1-2-4-5-3-1;2*1-2-3;2-1(3,4)5;2-1-4-3;;;;;;;/h6-11H,13H2,1-5H3;1-15H;6-8H,9H2,1-5H3;6-8H,1-5H3,(H,16,17);6-8,16H,9H2,1-5H3;2-4H,1H3,(H,10,11);1-4H2;2*1H3;;1,3H;;;1H;;;;/q;;;;;;;2*-1;;;;+1;;2*+1;+2;-1/p-2. The zero-order valence-electron chi connectivity index (χ0n) is 87.5. The second-order valence-corrected chi connectivity index (χ2v) is 50.3. The van der Waals surface area contributed by atoms with Crippen molar-refractivity contribution >= 4 is 231 Å². The second-order valence-electron chi connectivity index (χ2n) is 34.5. The molecule has 5 aliphatic rings. The number of hydrogen-bond acceptors (Lipinski definition) is 26. The van der Waals surface area contributed by atoms with Crippen LogP contribution in [0.5, 0.6) is 34.5 Å². The van der Waals surface area contributed by atoms with Gasteiger partial charge in [0.15, 0.2) is 6.06 Å². The van der Waals surface area contributed by atoms with E-state index in [1.807, 2.05) is 171 Å². The van der Waals surface area contributed by atoms with Crippen LogP contribution in [-0.4, -0.2) is 183 Å². The Labute approximate surface area is 1070 Å². The molecule has 10 aromatic rings. The zero-order chi connectivity index (χ0) is 104. The minimum absolute atomic E-state index is 0. The summed E-state index contributed by atoms with van der Waals surface area (Å²) in [5.41, 5.74) is 4.30. The number of alkyl halides is 5. The molecular formula is C100H121B5Br6CsFK2N2O25PPdS. The van der Waals surface area contributed by atoms with Gasteiger partial charge in [-0.05, 0) is 311 Å². The van der Waals surface area contributed by atoms with E-state index >= 15 is 0 Å². The third kappa shape index (κ3) is 45.6. The smallest absolute Gasteiger partial charge is 1.00 e. The molecule has 0 saturated carbocycles. The van der Waals surface area contributed by atoms with Crippen molar-refractivity contribution in [2.75, 3.05) is 48.8 Å².